The van der Waals surface area contributed by atoms with E-state index in [-0.39, 0.29) is 17.6 Å². The van der Waals surface area contributed by atoms with Gasteiger partial charge in [0.05, 0.1) is 12.1 Å². The lowest BCUT2D eigenvalue weighted by molar-refractivity contribution is 0.0750. The highest BCUT2D eigenvalue weighted by molar-refractivity contribution is 6.30. The smallest absolute Gasteiger partial charge is 0.0661 e. The topological polar surface area (TPSA) is 32.3 Å². The normalized spacial score (nSPS) is 30.1. The Morgan fingerprint density at radius 1 is 1.37 bits per heavy atom. The molecule has 2 unspecified atom stereocenters. The standard InChI is InChI=1S/C16H24ClNO/c1-12-8-15(2,3)10-16(9-12,11-19)18-14-6-4-5-13(17)7-14/h4-7,12,18-19H,8-11H2,1-3H3. The van der Waals surface area contributed by atoms with E-state index in [0.717, 1.165) is 23.6 Å². The maximum atomic E-state index is 9.93. The third-order valence-corrected chi connectivity index (χ3v) is 4.23. The molecule has 1 aliphatic carbocycles. The minimum Gasteiger partial charge on any atom is -0.394 e. The summed E-state index contributed by atoms with van der Waals surface area (Å²) in [5.74, 6) is 0.614. The summed E-state index contributed by atoms with van der Waals surface area (Å²) in [5.41, 5.74) is 1.02. The fourth-order valence-electron chi connectivity index (χ4n) is 3.87. The molecular weight excluding hydrogens is 258 g/mol. The Morgan fingerprint density at radius 2 is 2.11 bits per heavy atom. The van der Waals surface area contributed by atoms with Gasteiger partial charge in [0.15, 0.2) is 0 Å². The van der Waals surface area contributed by atoms with Crippen molar-refractivity contribution in [2.75, 3.05) is 11.9 Å². The van der Waals surface area contributed by atoms with Gasteiger partial charge in [0, 0.05) is 10.7 Å². The van der Waals surface area contributed by atoms with Crippen molar-refractivity contribution in [3.8, 4) is 0 Å². The van der Waals surface area contributed by atoms with Crippen molar-refractivity contribution in [1.82, 2.24) is 0 Å². The molecule has 2 rings (SSSR count). The molecule has 3 heteroatoms. The Bertz CT molecular complexity index is 446. The van der Waals surface area contributed by atoms with E-state index in [1.54, 1.807) is 0 Å². The lowest BCUT2D eigenvalue weighted by atomic mass is 9.64. The van der Waals surface area contributed by atoms with Crippen molar-refractivity contribution >= 4 is 17.3 Å². The summed E-state index contributed by atoms with van der Waals surface area (Å²) >= 11 is 6.03. The Balaban J connectivity index is 2.22. The summed E-state index contributed by atoms with van der Waals surface area (Å²) in [7, 11) is 0. The molecule has 0 spiro atoms. The van der Waals surface area contributed by atoms with E-state index >= 15 is 0 Å². The molecule has 1 aliphatic rings. The number of anilines is 1. The van der Waals surface area contributed by atoms with Crippen LogP contribution in [0, 0.1) is 11.3 Å². The van der Waals surface area contributed by atoms with Gasteiger partial charge in [-0.15, -0.1) is 0 Å². The second-order valence-electron chi connectivity index (χ2n) is 6.93. The Morgan fingerprint density at radius 3 is 2.68 bits per heavy atom. The van der Waals surface area contributed by atoms with Gasteiger partial charge in [-0.25, -0.2) is 0 Å². The zero-order valence-corrected chi connectivity index (χ0v) is 12.8. The van der Waals surface area contributed by atoms with Crippen molar-refractivity contribution < 1.29 is 5.11 Å². The van der Waals surface area contributed by atoms with Gasteiger partial charge in [-0.3, -0.25) is 0 Å². The molecule has 2 N–H and O–H groups in total. The van der Waals surface area contributed by atoms with Crippen LogP contribution in [-0.4, -0.2) is 17.3 Å². The lowest BCUT2D eigenvalue weighted by Crippen LogP contribution is -2.50. The van der Waals surface area contributed by atoms with Crippen molar-refractivity contribution in [1.29, 1.82) is 0 Å². The molecule has 0 aliphatic heterocycles. The molecule has 0 aromatic heterocycles. The van der Waals surface area contributed by atoms with E-state index in [9.17, 15) is 5.11 Å². The SMILES string of the molecule is CC1CC(C)(C)CC(CO)(Nc2cccc(Cl)c2)C1. The average molecular weight is 282 g/mol. The number of hydrogen-bond acceptors (Lipinski definition) is 2. The number of aliphatic hydroxyl groups excluding tert-OH is 1. The highest BCUT2D eigenvalue weighted by atomic mass is 35.5. The Kier molecular flexibility index (Phi) is 4.12. The first kappa shape index (κ1) is 14.7. The quantitative estimate of drug-likeness (QED) is 0.864. The number of nitrogens with one attached hydrogen (secondary N) is 1. The van der Waals surface area contributed by atoms with Crippen molar-refractivity contribution in [2.45, 2.75) is 45.6 Å². The molecule has 0 amide bonds. The summed E-state index contributed by atoms with van der Waals surface area (Å²) in [6, 6.07) is 7.74. The predicted octanol–water partition coefficient (Wildman–Crippen LogP) is 4.33. The zero-order chi connectivity index (χ0) is 14.1. The number of benzene rings is 1. The number of aliphatic hydroxyl groups is 1. The summed E-state index contributed by atoms with van der Waals surface area (Å²) in [5, 5.41) is 14.2. The fourth-order valence-corrected chi connectivity index (χ4v) is 4.06. The zero-order valence-electron chi connectivity index (χ0n) is 12.0. The van der Waals surface area contributed by atoms with Crippen LogP contribution in [0.1, 0.15) is 40.0 Å². The highest BCUT2D eigenvalue weighted by Gasteiger charge is 2.42. The largest absolute Gasteiger partial charge is 0.394 e. The van der Waals surface area contributed by atoms with Gasteiger partial charge in [0.1, 0.15) is 0 Å². The molecule has 1 aromatic rings. The van der Waals surface area contributed by atoms with Gasteiger partial charge >= 0.3 is 0 Å². The first-order chi connectivity index (χ1) is 8.84. The molecule has 0 bridgehead atoms. The molecule has 0 saturated heterocycles. The van der Waals surface area contributed by atoms with Crippen LogP contribution in [-0.2, 0) is 0 Å². The first-order valence-corrected chi connectivity index (χ1v) is 7.37. The van der Waals surface area contributed by atoms with E-state index in [4.69, 9.17) is 11.6 Å². The van der Waals surface area contributed by atoms with E-state index < -0.39 is 0 Å². The minimum atomic E-state index is -0.230. The highest BCUT2D eigenvalue weighted by Crippen LogP contribution is 2.45. The molecule has 19 heavy (non-hydrogen) atoms. The third kappa shape index (κ3) is 3.64. The monoisotopic (exact) mass is 281 g/mol. The van der Waals surface area contributed by atoms with Crippen LogP contribution in [0.2, 0.25) is 5.02 Å². The molecule has 1 aromatic carbocycles. The van der Waals surface area contributed by atoms with Gasteiger partial charge in [0.25, 0.3) is 0 Å². The number of hydrogen-bond donors (Lipinski definition) is 2. The lowest BCUT2D eigenvalue weighted by Gasteiger charge is -2.47. The van der Waals surface area contributed by atoms with Gasteiger partial charge in [-0.1, -0.05) is 38.4 Å². The van der Waals surface area contributed by atoms with E-state index in [0.29, 0.717) is 5.92 Å². The molecular formula is C16H24ClNO. The van der Waals surface area contributed by atoms with E-state index in [1.165, 1.54) is 6.42 Å². The van der Waals surface area contributed by atoms with Gasteiger partial charge in [-0.2, -0.15) is 0 Å². The van der Waals surface area contributed by atoms with E-state index in [1.807, 2.05) is 24.3 Å². The summed E-state index contributed by atoms with van der Waals surface area (Å²) < 4.78 is 0. The number of halogens is 1. The molecule has 0 radical (unpaired) electrons. The van der Waals surface area contributed by atoms with Crippen molar-refractivity contribution in [2.24, 2.45) is 11.3 Å². The fraction of sp³-hybridized carbons (Fsp3) is 0.625. The average Bonchev–Trinajstić information content (AvgIpc) is 2.26. The summed E-state index contributed by atoms with van der Waals surface area (Å²) in [6.45, 7) is 7.00. The second kappa shape index (κ2) is 5.34. The second-order valence-corrected chi connectivity index (χ2v) is 7.36. The Labute approximate surface area is 121 Å². The van der Waals surface area contributed by atoms with Crippen LogP contribution in [0.3, 0.4) is 0 Å². The first-order valence-electron chi connectivity index (χ1n) is 6.99. The molecule has 106 valence electrons. The number of rotatable bonds is 3. The van der Waals surface area contributed by atoms with E-state index in [2.05, 4.69) is 26.1 Å². The van der Waals surface area contributed by atoms with Crippen LogP contribution < -0.4 is 5.32 Å². The van der Waals surface area contributed by atoms with Crippen LogP contribution in [0.25, 0.3) is 0 Å². The molecule has 0 heterocycles. The Hall–Kier alpha value is -0.730. The van der Waals surface area contributed by atoms with Crippen LogP contribution >= 0.6 is 11.6 Å². The van der Waals surface area contributed by atoms with Gasteiger partial charge in [-0.05, 0) is 48.8 Å². The molecule has 2 atom stereocenters. The van der Waals surface area contributed by atoms with Crippen molar-refractivity contribution in [3.63, 3.8) is 0 Å². The van der Waals surface area contributed by atoms with Gasteiger partial charge in [0.2, 0.25) is 0 Å². The molecule has 1 fully saturated rings. The van der Waals surface area contributed by atoms with Crippen molar-refractivity contribution in [3.05, 3.63) is 29.3 Å². The maximum absolute atomic E-state index is 9.93. The van der Waals surface area contributed by atoms with Crippen LogP contribution in [0.15, 0.2) is 24.3 Å². The van der Waals surface area contributed by atoms with Gasteiger partial charge < -0.3 is 10.4 Å². The third-order valence-electron chi connectivity index (χ3n) is 3.99. The maximum Gasteiger partial charge on any atom is 0.0661 e. The molecule has 1 saturated carbocycles. The minimum absolute atomic E-state index is 0.160. The molecule has 2 nitrogen and oxygen atoms in total. The summed E-state index contributed by atoms with van der Waals surface area (Å²) in [6.07, 6.45) is 3.19. The predicted molar refractivity (Wildman–Crippen MR) is 81.7 cm³/mol. The van der Waals surface area contributed by atoms with Crippen LogP contribution in [0.4, 0.5) is 5.69 Å². The summed E-state index contributed by atoms with van der Waals surface area (Å²) in [4.78, 5) is 0. The van der Waals surface area contributed by atoms with Crippen LogP contribution in [0.5, 0.6) is 0 Å².